The fraction of sp³-hybridized carbons (Fsp3) is 0.250. The molecule has 0 radical (unpaired) electrons. The normalized spacial score (nSPS) is 10.5. The molecular weight excluding hydrogens is 434 g/mol. The molecule has 0 atom stereocenters. The third-order valence-electron chi connectivity index (χ3n) is 3.91. The van der Waals surface area contributed by atoms with Crippen LogP contribution in [0.2, 0.25) is 5.02 Å². The van der Waals surface area contributed by atoms with Crippen LogP contribution in [0.4, 0.5) is 20.2 Å². The van der Waals surface area contributed by atoms with E-state index in [-0.39, 0.29) is 25.3 Å². The summed E-state index contributed by atoms with van der Waals surface area (Å²) in [4.78, 5) is 37.4. The zero-order valence-electron chi connectivity index (χ0n) is 16.8. The lowest BCUT2D eigenvalue weighted by Gasteiger charge is -2.17. The van der Waals surface area contributed by atoms with Gasteiger partial charge < -0.3 is 20.7 Å². The van der Waals surface area contributed by atoms with E-state index in [1.807, 2.05) is 0 Å². The van der Waals surface area contributed by atoms with Crippen molar-refractivity contribution in [2.75, 3.05) is 44.4 Å². The molecule has 0 unspecified atom stereocenters. The van der Waals surface area contributed by atoms with E-state index in [1.54, 1.807) is 19.2 Å². The van der Waals surface area contributed by atoms with Gasteiger partial charge in [-0.15, -0.1) is 0 Å². The van der Waals surface area contributed by atoms with Crippen LogP contribution in [0.3, 0.4) is 0 Å². The van der Waals surface area contributed by atoms with Crippen molar-refractivity contribution in [3.8, 4) is 5.75 Å². The number of hydrogen-bond acceptors (Lipinski definition) is 5. The number of carbonyl (C=O) groups is 3. The second kappa shape index (κ2) is 11.2. The summed E-state index contributed by atoms with van der Waals surface area (Å²) < 4.78 is 31.2. The van der Waals surface area contributed by atoms with E-state index in [0.717, 1.165) is 12.1 Å². The van der Waals surface area contributed by atoms with Gasteiger partial charge in [-0.25, -0.2) is 8.78 Å². The van der Waals surface area contributed by atoms with Gasteiger partial charge in [-0.1, -0.05) is 11.6 Å². The molecule has 3 amide bonds. The monoisotopic (exact) mass is 454 g/mol. The number of carbonyl (C=O) groups excluding carboxylic acids is 3. The van der Waals surface area contributed by atoms with Crippen LogP contribution < -0.4 is 20.7 Å². The Morgan fingerprint density at radius 3 is 2.35 bits per heavy atom. The van der Waals surface area contributed by atoms with E-state index in [0.29, 0.717) is 16.5 Å². The van der Waals surface area contributed by atoms with Gasteiger partial charge in [-0.3, -0.25) is 19.3 Å². The standard InChI is InChI=1S/C20H21ClF2N4O4/c1-27(11-20(30)26-16-7-12(21)3-6-17(16)31-2)10-19(29)24-9-18(28)25-13-4-5-14(22)15(23)8-13/h3-8H,9-11H2,1-2H3,(H,24,29)(H,25,28)(H,26,30). The summed E-state index contributed by atoms with van der Waals surface area (Å²) in [6, 6.07) is 7.67. The summed E-state index contributed by atoms with van der Waals surface area (Å²) in [5.41, 5.74) is 0.454. The van der Waals surface area contributed by atoms with E-state index < -0.39 is 29.4 Å². The van der Waals surface area contributed by atoms with Gasteiger partial charge in [-0.05, 0) is 37.4 Å². The molecule has 3 N–H and O–H groups in total. The number of benzene rings is 2. The fourth-order valence-corrected chi connectivity index (χ4v) is 2.70. The number of halogens is 3. The third kappa shape index (κ3) is 7.83. The summed E-state index contributed by atoms with van der Waals surface area (Å²) in [5.74, 6) is -3.22. The minimum absolute atomic E-state index is 0.0587. The Labute approximate surface area is 182 Å². The van der Waals surface area contributed by atoms with Crippen molar-refractivity contribution in [2.24, 2.45) is 0 Å². The Bertz CT molecular complexity index is 974. The SMILES string of the molecule is COc1ccc(Cl)cc1NC(=O)CN(C)CC(=O)NCC(=O)Nc1ccc(F)c(F)c1. The van der Waals surface area contributed by atoms with Crippen molar-refractivity contribution in [3.63, 3.8) is 0 Å². The molecule has 0 heterocycles. The van der Waals surface area contributed by atoms with Gasteiger partial charge in [0.25, 0.3) is 0 Å². The fourth-order valence-electron chi connectivity index (χ4n) is 2.53. The smallest absolute Gasteiger partial charge is 0.243 e. The maximum atomic E-state index is 13.1. The van der Waals surface area contributed by atoms with Crippen molar-refractivity contribution in [1.29, 1.82) is 0 Å². The van der Waals surface area contributed by atoms with Crippen LogP contribution in [0.1, 0.15) is 0 Å². The molecule has 2 aromatic rings. The highest BCUT2D eigenvalue weighted by molar-refractivity contribution is 6.31. The number of likely N-dealkylation sites (N-methyl/N-ethyl adjacent to an activating group) is 1. The van der Waals surface area contributed by atoms with Crippen LogP contribution in [0.5, 0.6) is 5.75 Å². The minimum Gasteiger partial charge on any atom is -0.495 e. The lowest BCUT2D eigenvalue weighted by atomic mass is 10.3. The number of nitrogens with one attached hydrogen (secondary N) is 3. The first-order valence-corrected chi connectivity index (χ1v) is 9.39. The van der Waals surface area contributed by atoms with Gasteiger partial charge in [0.15, 0.2) is 11.6 Å². The highest BCUT2D eigenvalue weighted by atomic mass is 35.5. The van der Waals surface area contributed by atoms with Crippen LogP contribution in [-0.4, -0.2) is 56.4 Å². The first kappa shape index (κ1) is 24.0. The Balaban J connectivity index is 1.76. The van der Waals surface area contributed by atoms with E-state index in [9.17, 15) is 23.2 Å². The van der Waals surface area contributed by atoms with Crippen molar-refractivity contribution in [3.05, 3.63) is 53.1 Å². The zero-order valence-corrected chi connectivity index (χ0v) is 17.6. The lowest BCUT2D eigenvalue weighted by molar-refractivity contribution is -0.125. The zero-order chi connectivity index (χ0) is 23.0. The van der Waals surface area contributed by atoms with Gasteiger partial charge in [-0.2, -0.15) is 0 Å². The number of hydrogen-bond donors (Lipinski definition) is 3. The molecule has 166 valence electrons. The maximum Gasteiger partial charge on any atom is 0.243 e. The number of ether oxygens (including phenoxy) is 1. The minimum atomic E-state index is -1.10. The molecular formula is C20H21ClF2N4O4. The second-order valence-electron chi connectivity index (χ2n) is 6.52. The molecule has 31 heavy (non-hydrogen) atoms. The Hall–Kier alpha value is -3.24. The van der Waals surface area contributed by atoms with Crippen molar-refractivity contribution in [1.82, 2.24) is 10.2 Å². The van der Waals surface area contributed by atoms with Crippen LogP contribution >= 0.6 is 11.6 Å². The Kier molecular flexibility index (Phi) is 8.71. The Morgan fingerprint density at radius 2 is 1.68 bits per heavy atom. The topological polar surface area (TPSA) is 99.8 Å². The van der Waals surface area contributed by atoms with Crippen molar-refractivity contribution >= 4 is 40.7 Å². The first-order chi connectivity index (χ1) is 14.7. The molecule has 0 saturated carbocycles. The third-order valence-corrected chi connectivity index (χ3v) is 4.15. The van der Waals surface area contributed by atoms with Crippen LogP contribution in [-0.2, 0) is 14.4 Å². The molecule has 0 fully saturated rings. The van der Waals surface area contributed by atoms with E-state index in [4.69, 9.17) is 16.3 Å². The van der Waals surface area contributed by atoms with Crippen molar-refractivity contribution in [2.45, 2.75) is 0 Å². The summed E-state index contributed by atoms with van der Waals surface area (Å²) in [5, 5.41) is 7.78. The van der Waals surface area contributed by atoms with Crippen LogP contribution in [0.25, 0.3) is 0 Å². The van der Waals surface area contributed by atoms with Crippen LogP contribution in [0, 0.1) is 11.6 Å². The number of nitrogens with zero attached hydrogens (tertiary/aromatic N) is 1. The molecule has 0 aliphatic carbocycles. The second-order valence-corrected chi connectivity index (χ2v) is 6.96. The molecule has 2 aromatic carbocycles. The van der Waals surface area contributed by atoms with E-state index in [2.05, 4.69) is 16.0 Å². The summed E-state index contributed by atoms with van der Waals surface area (Å²) in [6.07, 6.45) is 0. The quantitative estimate of drug-likeness (QED) is 0.539. The summed E-state index contributed by atoms with van der Waals surface area (Å²) in [7, 11) is 3.01. The predicted octanol–water partition coefficient (Wildman–Crippen LogP) is 2.25. The highest BCUT2D eigenvalue weighted by Gasteiger charge is 2.14. The molecule has 0 aliphatic heterocycles. The summed E-state index contributed by atoms with van der Waals surface area (Å²) in [6.45, 7) is -0.639. The van der Waals surface area contributed by atoms with Crippen molar-refractivity contribution < 1.29 is 27.9 Å². The van der Waals surface area contributed by atoms with Gasteiger partial charge in [0.1, 0.15) is 5.75 Å². The van der Waals surface area contributed by atoms with Gasteiger partial charge in [0.05, 0.1) is 32.4 Å². The highest BCUT2D eigenvalue weighted by Crippen LogP contribution is 2.27. The molecule has 11 heteroatoms. The molecule has 0 bridgehead atoms. The Morgan fingerprint density at radius 1 is 0.968 bits per heavy atom. The molecule has 8 nitrogen and oxygen atoms in total. The largest absolute Gasteiger partial charge is 0.495 e. The average molecular weight is 455 g/mol. The molecule has 0 aromatic heterocycles. The van der Waals surface area contributed by atoms with E-state index >= 15 is 0 Å². The van der Waals surface area contributed by atoms with Gasteiger partial charge in [0, 0.05) is 16.8 Å². The average Bonchev–Trinajstić information content (AvgIpc) is 2.69. The van der Waals surface area contributed by atoms with Gasteiger partial charge >= 0.3 is 0 Å². The molecule has 0 aliphatic rings. The maximum absolute atomic E-state index is 13.1. The lowest BCUT2D eigenvalue weighted by Crippen LogP contribution is -2.41. The molecule has 2 rings (SSSR count). The summed E-state index contributed by atoms with van der Waals surface area (Å²) >= 11 is 5.92. The molecule has 0 spiro atoms. The first-order valence-electron chi connectivity index (χ1n) is 9.01. The van der Waals surface area contributed by atoms with Gasteiger partial charge in [0.2, 0.25) is 17.7 Å². The molecule has 0 saturated heterocycles. The van der Waals surface area contributed by atoms with Crippen LogP contribution in [0.15, 0.2) is 36.4 Å². The van der Waals surface area contributed by atoms with E-state index in [1.165, 1.54) is 24.1 Å². The number of rotatable bonds is 9. The predicted molar refractivity (Wildman–Crippen MR) is 112 cm³/mol. The number of methoxy groups -OCH3 is 1. The number of anilines is 2. The number of amides is 3.